The molecule has 0 unspecified atom stereocenters. The van der Waals surface area contributed by atoms with Crippen molar-refractivity contribution in [1.82, 2.24) is 0 Å². The Morgan fingerprint density at radius 3 is 3.00 bits per heavy atom. The van der Waals surface area contributed by atoms with Crippen molar-refractivity contribution < 1.29 is 14.6 Å². The van der Waals surface area contributed by atoms with E-state index >= 15 is 0 Å². The summed E-state index contributed by atoms with van der Waals surface area (Å²) in [7, 11) is 1.54. The van der Waals surface area contributed by atoms with E-state index in [0.29, 0.717) is 17.0 Å². The van der Waals surface area contributed by atoms with Crippen LogP contribution in [0.1, 0.15) is 12.0 Å². The highest BCUT2D eigenvalue weighted by molar-refractivity contribution is 6.05. The van der Waals surface area contributed by atoms with Gasteiger partial charge in [0.2, 0.25) is 0 Å². The zero-order valence-electron chi connectivity index (χ0n) is 8.99. The van der Waals surface area contributed by atoms with Gasteiger partial charge in [-0.2, -0.15) is 0 Å². The summed E-state index contributed by atoms with van der Waals surface area (Å²) in [6, 6.07) is 5.11. The predicted molar refractivity (Wildman–Crippen MR) is 60.3 cm³/mol. The van der Waals surface area contributed by atoms with Crippen LogP contribution in [0.2, 0.25) is 0 Å². The van der Waals surface area contributed by atoms with Gasteiger partial charge >= 0.3 is 0 Å². The van der Waals surface area contributed by atoms with Gasteiger partial charge in [0, 0.05) is 17.7 Å². The Kier molecular flexibility index (Phi) is 2.44. The van der Waals surface area contributed by atoms with E-state index in [-0.39, 0.29) is 6.42 Å². The monoisotopic (exact) mass is 219 g/mol. The molecule has 1 aromatic carbocycles. The van der Waals surface area contributed by atoms with Gasteiger partial charge in [-0.05, 0) is 18.2 Å². The van der Waals surface area contributed by atoms with Crippen molar-refractivity contribution in [1.29, 1.82) is 0 Å². The lowest BCUT2D eigenvalue weighted by Gasteiger charge is -2.18. The van der Waals surface area contributed by atoms with Crippen molar-refractivity contribution in [2.45, 2.75) is 12.0 Å². The number of methoxy groups -OCH3 is 1. The number of carbonyl (C=O) groups is 1. The summed E-state index contributed by atoms with van der Waals surface area (Å²) >= 11 is 0. The largest absolute Gasteiger partial charge is 0.497 e. The van der Waals surface area contributed by atoms with Crippen molar-refractivity contribution in [3.63, 3.8) is 0 Å². The van der Waals surface area contributed by atoms with Crippen LogP contribution >= 0.6 is 0 Å². The highest BCUT2D eigenvalue weighted by Gasteiger charge is 2.44. The zero-order chi connectivity index (χ0) is 11.8. The van der Waals surface area contributed by atoms with Gasteiger partial charge in [-0.1, -0.05) is 6.08 Å². The second kappa shape index (κ2) is 3.64. The van der Waals surface area contributed by atoms with Gasteiger partial charge in [-0.25, -0.2) is 0 Å². The molecule has 0 spiro atoms. The lowest BCUT2D eigenvalue weighted by molar-refractivity contribution is -0.133. The fourth-order valence-electron chi connectivity index (χ4n) is 1.86. The molecule has 0 bridgehead atoms. The van der Waals surface area contributed by atoms with Gasteiger partial charge in [0.15, 0.2) is 5.60 Å². The number of fused-ring (bicyclic) bond motifs is 1. The van der Waals surface area contributed by atoms with Crippen LogP contribution in [-0.4, -0.2) is 18.1 Å². The topological polar surface area (TPSA) is 58.6 Å². The molecule has 1 atom stereocenters. The van der Waals surface area contributed by atoms with Crippen LogP contribution in [0.4, 0.5) is 5.69 Å². The lowest BCUT2D eigenvalue weighted by atomic mass is 9.92. The molecule has 2 N–H and O–H groups in total. The van der Waals surface area contributed by atoms with Gasteiger partial charge in [0.05, 0.1) is 7.11 Å². The Morgan fingerprint density at radius 1 is 1.62 bits per heavy atom. The summed E-state index contributed by atoms with van der Waals surface area (Å²) in [5, 5.41) is 12.9. The average molecular weight is 219 g/mol. The number of amides is 1. The molecule has 0 radical (unpaired) electrons. The maximum Gasteiger partial charge on any atom is 0.261 e. The molecular weight excluding hydrogens is 206 g/mol. The van der Waals surface area contributed by atoms with Crippen LogP contribution in [0.15, 0.2) is 30.9 Å². The first kappa shape index (κ1) is 10.7. The van der Waals surface area contributed by atoms with E-state index < -0.39 is 11.5 Å². The molecule has 1 heterocycles. The number of benzene rings is 1. The molecule has 0 saturated heterocycles. The van der Waals surface area contributed by atoms with Crippen molar-refractivity contribution in [3.8, 4) is 5.75 Å². The van der Waals surface area contributed by atoms with E-state index in [4.69, 9.17) is 4.74 Å². The molecule has 0 fully saturated rings. The van der Waals surface area contributed by atoms with Crippen LogP contribution in [0.5, 0.6) is 5.75 Å². The van der Waals surface area contributed by atoms with Gasteiger partial charge in [0.25, 0.3) is 5.91 Å². The molecule has 0 saturated carbocycles. The third kappa shape index (κ3) is 1.39. The molecule has 4 nitrogen and oxygen atoms in total. The number of nitrogens with one attached hydrogen (secondary N) is 1. The van der Waals surface area contributed by atoms with E-state index in [0.717, 1.165) is 0 Å². The van der Waals surface area contributed by atoms with Crippen molar-refractivity contribution >= 4 is 11.6 Å². The SMILES string of the molecule is C=CC[C@@]1(O)C(=O)Nc2ccc(OC)cc21. The Bertz CT molecular complexity index is 456. The number of aliphatic hydroxyl groups is 1. The zero-order valence-corrected chi connectivity index (χ0v) is 8.99. The van der Waals surface area contributed by atoms with Gasteiger partial charge in [-0.3, -0.25) is 4.79 Å². The molecule has 0 aliphatic carbocycles. The minimum Gasteiger partial charge on any atom is -0.497 e. The molecule has 0 aromatic heterocycles. The summed E-state index contributed by atoms with van der Waals surface area (Å²) in [6.45, 7) is 3.55. The Balaban J connectivity index is 2.53. The first-order chi connectivity index (χ1) is 7.61. The van der Waals surface area contributed by atoms with Crippen LogP contribution in [-0.2, 0) is 10.4 Å². The number of carbonyl (C=O) groups excluding carboxylic acids is 1. The minimum atomic E-state index is -1.52. The van der Waals surface area contributed by atoms with E-state index in [1.165, 1.54) is 6.08 Å². The number of anilines is 1. The maximum atomic E-state index is 11.7. The smallest absolute Gasteiger partial charge is 0.261 e. The molecule has 4 heteroatoms. The van der Waals surface area contributed by atoms with Crippen LogP contribution < -0.4 is 10.1 Å². The summed E-state index contributed by atoms with van der Waals surface area (Å²) in [5.74, 6) is 0.188. The summed E-state index contributed by atoms with van der Waals surface area (Å²) in [5.41, 5.74) is -0.363. The Hall–Kier alpha value is -1.81. The molecule has 1 aliphatic heterocycles. The molecular formula is C12H13NO3. The number of rotatable bonds is 3. The quantitative estimate of drug-likeness (QED) is 0.756. The first-order valence-electron chi connectivity index (χ1n) is 4.95. The summed E-state index contributed by atoms with van der Waals surface area (Å²) < 4.78 is 5.07. The Morgan fingerprint density at radius 2 is 2.38 bits per heavy atom. The van der Waals surface area contributed by atoms with E-state index in [9.17, 15) is 9.90 Å². The molecule has 16 heavy (non-hydrogen) atoms. The first-order valence-corrected chi connectivity index (χ1v) is 4.95. The average Bonchev–Trinajstić information content (AvgIpc) is 2.52. The van der Waals surface area contributed by atoms with Crippen LogP contribution in [0, 0.1) is 0 Å². The molecule has 1 aliphatic rings. The number of ether oxygens (including phenoxy) is 1. The number of hydrogen-bond acceptors (Lipinski definition) is 3. The van der Waals surface area contributed by atoms with Gasteiger partial charge in [-0.15, -0.1) is 6.58 Å². The molecule has 2 rings (SSSR count). The highest BCUT2D eigenvalue weighted by atomic mass is 16.5. The van der Waals surface area contributed by atoms with Gasteiger partial charge in [0.1, 0.15) is 5.75 Å². The second-order valence-electron chi connectivity index (χ2n) is 3.72. The minimum absolute atomic E-state index is 0.180. The fourth-order valence-corrected chi connectivity index (χ4v) is 1.86. The van der Waals surface area contributed by atoms with Crippen LogP contribution in [0.3, 0.4) is 0 Å². The highest BCUT2D eigenvalue weighted by Crippen LogP contribution is 2.40. The molecule has 1 amide bonds. The third-order valence-corrected chi connectivity index (χ3v) is 2.74. The van der Waals surface area contributed by atoms with E-state index in [2.05, 4.69) is 11.9 Å². The normalized spacial score (nSPS) is 22.5. The standard InChI is InChI=1S/C12H13NO3/c1-3-6-12(15)9-7-8(16-2)4-5-10(9)13-11(12)14/h3-5,7,15H,1,6H2,2H3,(H,13,14)/t12-/m0/s1. The predicted octanol–water partition coefficient (Wildman–Crippen LogP) is 1.41. The van der Waals surface area contributed by atoms with E-state index in [1.807, 2.05) is 0 Å². The maximum absolute atomic E-state index is 11.7. The third-order valence-electron chi connectivity index (χ3n) is 2.74. The number of hydrogen-bond donors (Lipinski definition) is 2. The summed E-state index contributed by atoms with van der Waals surface area (Å²) in [4.78, 5) is 11.7. The fraction of sp³-hybridized carbons (Fsp3) is 0.250. The molecule has 1 aromatic rings. The summed E-state index contributed by atoms with van der Waals surface area (Å²) in [6.07, 6.45) is 1.70. The van der Waals surface area contributed by atoms with Crippen molar-refractivity contribution in [3.05, 3.63) is 36.4 Å². The van der Waals surface area contributed by atoms with Crippen molar-refractivity contribution in [2.24, 2.45) is 0 Å². The van der Waals surface area contributed by atoms with E-state index in [1.54, 1.807) is 25.3 Å². The lowest BCUT2D eigenvalue weighted by Crippen LogP contribution is -2.33. The van der Waals surface area contributed by atoms with Crippen LogP contribution in [0.25, 0.3) is 0 Å². The Labute approximate surface area is 93.5 Å². The second-order valence-corrected chi connectivity index (χ2v) is 3.72. The molecule has 84 valence electrons. The van der Waals surface area contributed by atoms with Gasteiger partial charge < -0.3 is 15.2 Å². The van der Waals surface area contributed by atoms with Crippen molar-refractivity contribution in [2.75, 3.05) is 12.4 Å².